The second kappa shape index (κ2) is 8.37. The van der Waals surface area contributed by atoms with Crippen LogP contribution in [0.3, 0.4) is 0 Å². The Hall–Kier alpha value is -2.03. The first-order valence-electron chi connectivity index (χ1n) is 8.28. The lowest BCUT2D eigenvalue weighted by Gasteiger charge is -2.16. The number of thioether (sulfide) groups is 1. The molecule has 0 saturated heterocycles. The molecule has 0 radical (unpaired) electrons. The second-order valence-electron chi connectivity index (χ2n) is 5.74. The summed E-state index contributed by atoms with van der Waals surface area (Å²) >= 11 is 7.82. The molecule has 3 aromatic rings. The van der Waals surface area contributed by atoms with Crippen LogP contribution in [-0.4, -0.2) is 4.98 Å². The van der Waals surface area contributed by atoms with Gasteiger partial charge in [0.05, 0.1) is 0 Å². The molecule has 1 aromatic heterocycles. The van der Waals surface area contributed by atoms with Crippen LogP contribution in [0.5, 0.6) is 0 Å². The van der Waals surface area contributed by atoms with Gasteiger partial charge in [0.15, 0.2) is 0 Å². The molecule has 0 saturated carbocycles. The van der Waals surface area contributed by atoms with Crippen molar-refractivity contribution in [2.45, 2.75) is 24.1 Å². The fourth-order valence-corrected chi connectivity index (χ4v) is 3.94. The predicted octanol–water partition coefficient (Wildman–Crippen LogP) is 7.04. The number of rotatable bonds is 5. The molecule has 0 bridgehead atoms. The van der Waals surface area contributed by atoms with Gasteiger partial charge in [-0.2, -0.15) is 0 Å². The van der Waals surface area contributed by atoms with Crippen LogP contribution < -0.4 is 0 Å². The molecular formula is C22H20ClNS. The van der Waals surface area contributed by atoms with Gasteiger partial charge in [-0.1, -0.05) is 78.0 Å². The Morgan fingerprint density at radius 2 is 1.72 bits per heavy atom. The van der Waals surface area contributed by atoms with Gasteiger partial charge in [-0.25, -0.2) is 4.98 Å². The van der Waals surface area contributed by atoms with Crippen LogP contribution >= 0.6 is 23.4 Å². The average Bonchev–Trinajstić information content (AvgIpc) is 2.66. The number of nitrogens with zero attached hydrogens (tertiary/aromatic N) is 1. The molecule has 0 spiro atoms. The molecule has 1 nitrogen and oxygen atoms in total. The molecule has 1 heterocycles. The molecule has 0 amide bonds. The summed E-state index contributed by atoms with van der Waals surface area (Å²) in [5.41, 5.74) is 4.78. The summed E-state index contributed by atoms with van der Waals surface area (Å²) in [5, 5.41) is 2.12. The Morgan fingerprint density at radius 1 is 1.00 bits per heavy atom. The highest BCUT2D eigenvalue weighted by Gasteiger charge is 2.14. The Labute approximate surface area is 158 Å². The summed E-state index contributed by atoms with van der Waals surface area (Å²) in [4.78, 5) is 4.65. The van der Waals surface area contributed by atoms with Gasteiger partial charge in [0.25, 0.3) is 0 Å². The normalized spacial score (nSPS) is 12.8. The maximum absolute atomic E-state index is 6.04. The minimum atomic E-state index is 0.332. The lowest BCUT2D eigenvalue weighted by Crippen LogP contribution is -1.96. The summed E-state index contributed by atoms with van der Waals surface area (Å²) in [7, 11) is 0. The maximum atomic E-state index is 6.04. The van der Waals surface area contributed by atoms with Crippen molar-refractivity contribution in [3.63, 3.8) is 0 Å². The van der Waals surface area contributed by atoms with E-state index < -0.39 is 0 Å². The van der Waals surface area contributed by atoms with E-state index in [1.54, 1.807) is 11.8 Å². The number of halogens is 1. The number of pyridine rings is 1. The van der Waals surface area contributed by atoms with Crippen LogP contribution in [0, 0.1) is 0 Å². The largest absolute Gasteiger partial charge is 0.249 e. The Kier molecular flexibility index (Phi) is 5.95. The second-order valence-corrected chi connectivity index (χ2v) is 7.50. The zero-order valence-electron chi connectivity index (χ0n) is 14.3. The molecule has 0 aliphatic carbocycles. The maximum Gasteiger partial charge on any atom is 0.104 e. The van der Waals surface area contributed by atoms with E-state index in [1.807, 2.05) is 30.5 Å². The number of benzene rings is 2. The van der Waals surface area contributed by atoms with E-state index in [2.05, 4.69) is 67.4 Å². The van der Waals surface area contributed by atoms with Gasteiger partial charge in [-0.15, -0.1) is 0 Å². The van der Waals surface area contributed by atoms with Crippen molar-refractivity contribution in [2.75, 3.05) is 0 Å². The lowest BCUT2D eigenvalue weighted by molar-refractivity contribution is 1.05. The van der Waals surface area contributed by atoms with Crippen molar-refractivity contribution < 1.29 is 0 Å². The van der Waals surface area contributed by atoms with Crippen LogP contribution in [-0.2, 0) is 0 Å². The van der Waals surface area contributed by atoms with Crippen molar-refractivity contribution in [2.24, 2.45) is 0 Å². The van der Waals surface area contributed by atoms with Crippen molar-refractivity contribution in [3.05, 3.63) is 101 Å². The van der Waals surface area contributed by atoms with Gasteiger partial charge in [-0.3, -0.25) is 0 Å². The Morgan fingerprint density at radius 3 is 2.40 bits per heavy atom. The predicted molar refractivity (Wildman–Crippen MR) is 109 cm³/mol. The molecular weight excluding hydrogens is 346 g/mol. The third-order valence-electron chi connectivity index (χ3n) is 4.06. The van der Waals surface area contributed by atoms with Crippen LogP contribution in [0.1, 0.15) is 35.8 Å². The number of hydrogen-bond acceptors (Lipinski definition) is 2. The van der Waals surface area contributed by atoms with E-state index in [1.165, 1.54) is 11.1 Å². The fourth-order valence-electron chi connectivity index (χ4n) is 2.76. The lowest BCUT2D eigenvalue weighted by atomic mass is 9.99. The fraction of sp³-hybridized carbons (Fsp3) is 0.136. The standard InChI is InChI=1S/C22H20ClNS/c1-3-20(18-11-13-19(23)14-12-18)21-10-7-15-24-22(21)25-16(2)17-8-5-4-6-9-17/h3-16H,1-2H3/b20-3-. The molecule has 0 aliphatic heterocycles. The van der Waals surface area contributed by atoms with E-state index in [0.717, 1.165) is 21.2 Å². The van der Waals surface area contributed by atoms with Crippen LogP contribution in [0.4, 0.5) is 0 Å². The number of aromatic nitrogens is 1. The Bertz CT molecular complexity index is 857. The molecule has 0 aliphatic rings. The quantitative estimate of drug-likeness (QED) is 0.449. The highest BCUT2D eigenvalue weighted by Crippen LogP contribution is 2.38. The molecule has 25 heavy (non-hydrogen) atoms. The molecule has 3 rings (SSSR count). The van der Waals surface area contributed by atoms with Crippen molar-refractivity contribution >= 4 is 28.9 Å². The van der Waals surface area contributed by atoms with Gasteiger partial charge < -0.3 is 0 Å². The van der Waals surface area contributed by atoms with Crippen LogP contribution in [0.25, 0.3) is 5.57 Å². The van der Waals surface area contributed by atoms with Crippen molar-refractivity contribution in [3.8, 4) is 0 Å². The topological polar surface area (TPSA) is 12.9 Å². The third-order valence-corrected chi connectivity index (χ3v) is 5.49. The zero-order valence-corrected chi connectivity index (χ0v) is 15.9. The average molecular weight is 366 g/mol. The number of allylic oxidation sites excluding steroid dienone is 1. The van der Waals surface area contributed by atoms with E-state index >= 15 is 0 Å². The van der Waals surface area contributed by atoms with Crippen LogP contribution in [0.15, 0.2) is 84.0 Å². The van der Waals surface area contributed by atoms with Crippen molar-refractivity contribution in [1.29, 1.82) is 0 Å². The van der Waals surface area contributed by atoms with E-state index in [-0.39, 0.29) is 0 Å². The molecule has 3 heteroatoms. The van der Waals surface area contributed by atoms with Crippen LogP contribution in [0.2, 0.25) is 5.02 Å². The van der Waals surface area contributed by atoms with Crippen molar-refractivity contribution in [1.82, 2.24) is 4.98 Å². The minimum absolute atomic E-state index is 0.332. The van der Waals surface area contributed by atoms with E-state index in [0.29, 0.717) is 5.25 Å². The highest BCUT2D eigenvalue weighted by atomic mass is 35.5. The van der Waals surface area contributed by atoms with E-state index in [4.69, 9.17) is 11.6 Å². The summed E-state index contributed by atoms with van der Waals surface area (Å²) in [5.74, 6) is 0. The van der Waals surface area contributed by atoms with Gasteiger partial charge >= 0.3 is 0 Å². The Balaban J connectivity index is 1.93. The van der Waals surface area contributed by atoms with Gasteiger partial charge in [-0.05, 0) is 48.7 Å². The highest BCUT2D eigenvalue weighted by molar-refractivity contribution is 7.99. The SMILES string of the molecule is C/C=C(/c1ccc(Cl)cc1)c1cccnc1SC(C)c1ccccc1. The molecule has 126 valence electrons. The third kappa shape index (κ3) is 4.33. The van der Waals surface area contributed by atoms with E-state index in [9.17, 15) is 0 Å². The molecule has 0 N–H and O–H groups in total. The number of hydrogen-bond donors (Lipinski definition) is 0. The van der Waals surface area contributed by atoms with Gasteiger partial charge in [0, 0.05) is 22.0 Å². The minimum Gasteiger partial charge on any atom is -0.249 e. The molecule has 0 fully saturated rings. The zero-order chi connectivity index (χ0) is 17.6. The first kappa shape index (κ1) is 17.8. The summed E-state index contributed by atoms with van der Waals surface area (Å²) in [6.45, 7) is 4.28. The summed E-state index contributed by atoms with van der Waals surface area (Å²) < 4.78 is 0. The van der Waals surface area contributed by atoms with Gasteiger partial charge in [0.2, 0.25) is 0 Å². The summed E-state index contributed by atoms with van der Waals surface area (Å²) in [6.07, 6.45) is 4.00. The summed E-state index contributed by atoms with van der Waals surface area (Å²) in [6, 6.07) is 22.6. The smallest absolute Gasteiger partial charge is 0.104 e. The first-order chi connectivity index (χ1) is 12.2. The monoisotopic (exact) mass is 365 g/mol. The molecule has 1 unspecified atom stereocenters. The molecule has 1 atom stereocenters. The first-order valence-corrected chi connectivity index (χ1v) is 9.54. The van der Waals surface area contributed by atoms with Gasteiger partial charge in [0.1, 0.15) is 5.03 Å². The molecule has 2 aromatic carbocycles.